The number of nitrogens with zero attached hydrogens (tertiary/aromatic N) is 1. The van der Waals surface area contributed by atoms with Gasteiger partial charge in [0.15, 0.2) is 0 Å². The van der Waals surface area contributed by atoms with Crippen LogP contribution in [0.5, 0.6) is 0 Å². The summed E-state index contributed by atoms with van der Waals surface area (Å²) in [5.74, 6) is -0.909. The van der Waals surface area contributed by atoms with Crippen molar-refractivity contribution in [2.75, 3.05) is 0 Å². The molecule has 0 aliphatic rings. The second kappa shape index (κ2) is 4.53. The molecule has 1 aromatic heterocycles. The maximum absolute atomic E-state index is 11.2. The summed E-state index contributed by atoms with van der Waals surface area (Å²) < 4.78 is 0. The van der Waals surface area contributed by atoms with Gasteiger partial charge in [-0.25, -0.2) is 9.78 Å². The molecular formula is C14H15NO2S. The summed E-state index contributed by atoms with van der Waals surface area (Å²) in [7, 11) is 0. The molecule has 94 valence electrons. The zero-order valence-electron chi connectivity index (χ0n) is 10.9. The predicted octanol–water partition coefficient (Wildman–Crippen LogP) is 3.74. The molecule has 0 saturated carbocycles. The van der Waals surface area contributed by atoms with E-state index in [1.807, 2.05) is 26.8 Å². The van der Waals surface area contributed by atoms with E-state index in [1.54, 1.807) is 0 Å². The number of aromatic nitrogens is 1. The highest BCUT2D eigenvalue weighted by molar-refractivity contribution is 7.14. The fraction of sp³-hybridized carbons (Fsp3) is 0.286. The normalized spacial score (nSPS) is 10.7. The summed E-state index contributed by atoms with van der Waals surface area (Å²) in [5.41, 5.74) is 4.93. The molecule has 0 amide bonds. The minimum Gasteiger partial charge on any atom is -0.477 e. The molecule has 2 rings (SSSR count). The summed E-state index contributed by atoms with van der Waals surface area (Å²) in [6.45, 7) is 7.90. The van der Waals surface area contributed by atoms with Gasteiger partial charge in [-0.15, -0.1) is 11.3 Å². The standard InChI is InChI=1S/C14H15NO2S/c1-7-5-9(3)11(6-8(7)2)12-13(14(16)17)18-10(4)15-12/h5-6H,1-4H3,(H,16,17). The first-order valence-electron chi connectivity index (χ1n) is 5.69. The van der Waals surface area contributed by atoms with Crippen molar-refractivity contribution in [3.8, 4) is 11.3 Å². The molecule has 2 aromatic rings. The lowest BCUT2D eigenvalue weighted by Gasteiger charge is -2.08. The number of hydrogen-bond acceptors (Lipinski definition) is 3. The van der Waals surface area contributed by atoms with Gasteiger partial charge in [-0.3, -0.25) is 0 Å². The van der Waals surface area contributed by atoms with E-state index < -0.39 is 5.97 Å². The number of benzene rings is 1. The van der Waals surface area contributed by atoms with Crippen LogP contribution in [0.4, 0.5) is 0 Å². The molecule has 0 atom stereocenters. The van der Waals surface area contributed by atoms with Gasteiger partial charge in [0.05, 0.1) is 10.7 Å². The lowest BCUT2D eigenvalue weighted by molar-refractivity contribution is 0.0702. The first-order valence-corrected chi connectivity index (χ1v) is 6.50. The molecule has 0 aliphatic carbocycles. The predicted molar refractivity (Wildman–Crippen MR) is 73.5 cm³/mol. The van der Waals surface area contributed by atoms with Crippen LogP contribution in [0.25, 0.3) is 11.3 Å². The van der Waals surface area contributed by atoms with Gasteiger partial charge in [0.25, 0.3) is 0 Å². The van der Waals surface area contributed by atoms with Crippen LogP contribution in [0.2, 0.25) is 0 Å². The van der Waals surface area contributed by atoms with Gasteiger partial charge in [-0.05, 0) is 50.5 Å². The van der Waals surface area contributed by atoms with Crippen molar-refractivity contribution >= 4 is 17.3 Å². The molecule has 0 spiro atoms. The quantitative estimate of drug-likeness (QED) is 0.895. The van der Waals surface area contributed by atoms with Crippen molar-refractivity contribution in [2.24, 2.45) is 0 Å². The molecule has 3 nitrogen and oxygen atoms in total. The van der Waals surface area contributed by atoms with Crippen LogP contribution < -0.4 is 0 Å². The third kappa shape index (κ3) is 2.16. The fourth-order valence-corrected chi connectivity index (χ4v) is 2.74. The van der Waals surface area contributed by atoms with Crippen LogP contribution in [0.3, 0.4) is 0 Å². The summed E-state index contributed by atoms with van der Waals surface area (Å²) in [6, 6.07) is 4.09. The van der Waals surface area contributed by atoms with Crippen molar-refractivity contribution in [3.63, 3.8) is 0 Å². The van der Waals surface area contributed by atoms with E-state index in [2.05, 4.69) is 18.0 Å². The summed E-state index contributed by atoms with van der Waals surface area (Å²) >= 11 is 1.23. The number of aryl methyl sites for hydroxylation is 4. The van der Waals surface area contributed by atoms with E-state index in [9.17, 15) is 9.90 Å². The number of aromatic carboxylic acids is 1. The molecule has 4 heteroatoms. The van der Waals surface area contributed by atoms with Crippen LogP contribution in [-0.2, 0) is 0 Å². The van der Waals surface area contributed by atoms with E-state index >= 15 is 0 Å². The molecule has 0 fully saturated rings. The number of rotatable bonds is 2. The van der Waals surface area contributed by atoms with Crippen molar-refractivity contribution in [1.29, 1.82) is 0 Å². The second-order valence-electron chi connectivity index (χ2n) is 4.47. The summed E-state index contributed by atoms with van der Waals surface area (Å²) in [5, 5.41) is 10.0. The van der Waals surface area contributed by atoms with Gasteiger partial charge in [0, 0.05) is 5.56 Å². The van der Waals surface area contributed by atoms with Crippen LogP contribution in [0.1, 0.15) is 31.4 Å². The number of hydrogen-bond donors (Lipinski definition) is 1. The van der Waals surface area contributed by atoms with Gasteiger partial charge < -0.3 is 5.11 Å². The van der Waals surface area contributed by atoms with E-state index in [4.69, 9.17) is 0 Å². The number of carboxylic acid groups (broad SMARTS) is 1. The van der Waals surface area contributed by atoms with Crippen LogP contribution in [-0.4, -0.2) is 16.1 Å². The molecule has 0 radical (unpaired) electrons. The van der Waals surface area contributed by atoms with Crippen molar-refractivity contribution in [3.05, 3.63) is 38.7 Å². The largest absolute Gasteiger partial charge is 0.477 e. The second-order valence-corrected chi connectivity index (χ2v) is 5.67. The summed E-state index contributed by atoms with van der Waals surface area (Å²) in [6.07, 6.45) is 0. The fourth-order valence-electron chi connectivity index (χ4n) is 1.97. The molecule has 0 unspecified atom stereocenters. The Morgan fingerprint density at radius 2 is 1.72 bits per heavy atom. The SMILES string of the molecule is Cc1nc(-c2cc(C)c(C)cc2C)c(C(=O)O)s1. The highest BCUT2D eigenvalue weighted by Gasteiger charge is 2.19. The van der Waals surface area contributed by atoms with Crippen LogP contribution in [0.15, 0.2) is 12.1 Å². The molecule has 1 heterocycles. The summed E-state index contributed by atoms with van der Waals surface area (Å²) in [4.78, 5) is 15.9. The highest BCUT2D eigenvalue weighted by atomic mass is 32.1. The lowest BCUT2D eigenvalue weighted by Crippen LogP contribution is -1.97. The molecule has 0 saturated heterocycles. The maximum Gasteiger partial charge on any atom is 0.348 e. The van der Waals surface area contributed by atoms with Crippen LogP contribution in [0, 0.1) is 27.7 Å². The highest BCUT2D eigenvalue weighted by Crippen LogP contribution is 2.31. The Hall–Kier alpha value is -1.68. The first kappa shape index (κ1) is 12.8. The Morgan fingerprint density at radius 1 is 1.11 bits per heavy atom. The molecule has 1 N–H and O–H groups in total. The zero-order chi connectivity index (χ0) is 13.4. The Bertz CT molecular complexity index is 629. The number of thiazole rings is 1. The van der Waals surface area contributed by atoms with Crippen LogP contribution >= 0.6 is 11.3 Å². The van der Waals surface area contributed by atoms with E-state index in [-0.39, 0.29) is 0 Å². The number of carbonyl (C=O) groups is 1. The Labute approximate surface area is 110 Å². The lowest BCUT2D eigenvalue weighted by atomic mass is 9.98. The molecule has 18 heavy (non-hydrogen) atoms. The molecule has 0 bridgehead atoms. The van der Waals surface area contributed by atoms with Gasteiger partial charge in [-0.1, -0.05) is 6.07 Å². The van der Waals surface area contributed by atoms with Gasteiger partial charge in [0.1, 0.15) is 4.88 Å². The third-order valence-electron chi connectivity index (χ3n) is 3.02. The Kier molecular flexibility index (Phi) is 3.22. The van der Waals surface area contributed by atoms with Crippen molar-refractivity contribution < 1.29 is 9.90 Å². The topological polar surface area (TPSA) is 50.2 Å². The zero-order valence-corrected chi connectivity index (χ0v) is 11.7. The Morgan fingerprint density at radius 3 is 2.33 bits per heavy atom. The van der Waals surface area contributed by atoms with Gasteiger partial charge in [0.2, 0.25) is 0 Å². The van der Waals surface area contributed by atoms with E-state index in [1.165, 1.54) is 16.9 Å². The Balaban J connectivity index is 2.69. The minimum atomic E-state index is -0.909. The number of carboxylic acids is 1. The molecule has 1 aromatic carbocycles. The monoisotopic (exact) mass is 261 g/mol. The van der Waals surface area contributed by atoms with Gasteiger partial charge >= 0.3 is 5.97 Å². The average Bonchev–Trinajstić information content (AvgIpc) is 2.65. The molecule has 0 aliphatic heterocycles. The smallest absolute Gasteiger partial charge is 0.348 e. The third-order valence-corrected chi connectivity index (χ3v) is 3.98. The first-order chi connectivity index (χ1) is 8.40. The molecular weight excluding hydrogens is 246 g/mol. The average molecular weight is 261 g/mol. The van der Waals surface area contributed by atoms with Gasteiger partial charge in [-0.2, -0.15) is 0 Å². The van der Waals surface area contributed by atoms with Crippen molar-refractivity contribution in [1.82, 2.24) is 4.98 Å². The van der Waals surface area contributed by atoms with E-state index in [0.29, 0.717) is 10.6 Å². The maximum atomic E-state index is 11.2. The minimum absolute atomic E-state index is 0.318. The van der Waals surface area contributed by atoms with E-state index in [0.717, 1.165) is 21.7 Å². The van der Waals surface area contributed by atoms with Crippen molar-refractivity contribution in [2.45, 2.75) is 27.7 Å².